The van der Waals surface area contributed by atoms with Gasteiger partial charge in [-0.25, -0.2) is 4.39 Å². The molecule has 4 heteroatoms. The number of halogens is 1. The summed E-state index contributed by atoms with van der Waals surface area (Å²) in [5.41, 5.74) is 0.775. The van der Waals surface area contributed by atoms with Gasteiger partial charge in [0.2, 0.25) is 5.91 Å². The molecule has 1 aromatic carbocycles. The quantitative estimate of drug-likeness (QED) is 0.597. The smallest absolute Gasteiger partial charge is 0.224 e. The number of hydrogen-bond donors (Lipinski definition) is 2. The van der Waals surface area contributed by atoms with Crippen molar-refractivity contribution in [3.05, 3.63) is 29.6 Å². The maximum Gasteiger partial charge on any atom is 0.224 e. The molecule has 0 saturated heterocycles. The summed E-state index contributed by atoms with van der Waals surface area (Å²) in [6.07, 6.45) is 4.95. The van der Waals surface area contributed by atoms with Crippen LogP contribution in [0.5, 0.6) is 0 Å². The lowest BCUT2D eigenvalue weighted by Gasteiger charge is -2.06. The van der Waals surface area contributed by atoms with Gasteiger partial charge in [0.1, 0.15) is 5.82 Å². The largest absolute Gasteiger partial charge is 0.395 e. The van der Waals surface area contributed by atoms with Gasteiger partial charge in [0.15, 0.2) is 0 Å². The van der Waals surface area contributed by atoms with Gasteiger partial charge in [-0.1, -0.05) is 38.0 Å². The second-order valence-electron chi connectivity index (χ2n) is 4.83. The van der Waals surface area contributed by atoms with Gasteiger partial charge in [-0.05, 0) is 24.6 Å². The Kier molecular flexibility index (Phi) is 8.15. The lowest BCUT2D eigenvalue weighted by Crippen LogP contribution is -2.11. The number of carbonyl (C=O) groups excluding carboxylic acids is 1. The topological polar surface area (TPSA) is 49.3 Å². The number of aliphatic hydroxyl groups is 1. The van der Waals surface area contributed by atoms with Crippen LogP contribution < -0.4 is 5.32 Å². The van der Waals surface area contributed by atoms with Crippen LogP contribution in [-0.2, 0) is 4.79 Å². The first-order valence-electron chi connectivity index (χ1n) is 7.36. The van der Waals surface area contributed by atoms with Crippen molar-refractivity contribution in [3.8, 4) is 11.8 Å². The minimum Gasteiger partial charge on any atom is -0.395 e. The molecule has 0 spiro atoms. The molecule has 0 atom stereocenters. The van der Waals surface area contributed by atoms with Crippen LogP contribution in [0.4, 0.5) is 10.1 Å². The van der Waals surface area contributed by atoms with Gasteiger partial charge in [-0.2, -0.15) is 0 Å². The van der Waals surface area contributed by atoms with Gasteiger partial charge in [0.05, 0.1) is 12.2 Å². The van der Waals surface area contributed by atoms with Gasteiger partial charge in [0, 0.05) is 18.5 Å². The molecular formula is C17H22FNO2. The van der Waals surface area contributed by atoms with E-state index in [1.54, 1.807) is 0 Å². The molecule has 0 aliphatic rings. The van der Waals surface area contributed by atoms with Crippen LogP contribution in [0.25, 0.3) is 0 Å². The molecule has 0 aliphatic carbocycles. The lowest BCUT2D eigenvalue weighted by molar-refractivity contribution is -0.116. The highest BCUT2D eigenvalue weighted by Crippen LogP contribution is 2.15. The van der Waals surface area contributed by atoms with Crippen molar-refractivity contribution in [3.63, 3.8) is 0 Å². The van der Waals surface area contributed by atoms with E-state index in [1.807, 2.05) is 0 Å². The van der Waals surface area contributed by atoms with Crippen LogP contribution >= 0.6 is 0 Å². The molecule has 0 fully saturated rings. The summed E-state index contributed by atoms with van der Waals surface area (Å²) in [6, 6.07) is 4.33. The Hall–Kier alpha value is -1.86. The van der Waals surface area contributed by atoms with Crippen LogP contribution in [0.3, 0.4) is 0 Å². The first-order chi connectivity index (χ1) is 10.2. The Morgan fingerprint density at radius 3 is 2.86 bits per heavy atom. The lowest BCUT2D eigenvalue weighted by atomic mass is 10.1. The number of unbranched alkanes of at least 4 members (excludes halogenated alkanes) is 3. The van der Waals surface area contributed by atoms with E-state index < -0.39 is 5.82 Å². The van der Waals surface area contributed by atoms with Crippen molar-refractivity contribution in [2.75, 3.05) is 11.9 Å². The highest BCUT2D eigenvalue weighted by molar-refractivity contribution is 5.90. The molecule has 1 amide bonds. The van der Waals surface area contributed by atoms with Gasteiger partial charge in [-0.15, -0.1) is 0 Å². The first-order valence-corrected chi connectivity index (χ1v) is 7.36. The van der Waals surface area contributed by atoms with E-state index >= 15 is 0 Å². The predicted octanol–water partition coefficient (Wildman–Crippen LogP) is 3.47. The average molecular weight is 291 g/mol. The molecule has 0 heterocycles. The monoisotopic (exact) mass is 291 g/mol. The maximum absolute atomic E-state index is 13.5. The second-order valence-corrected chi connectivity index (χ2v) is 4.83. The summed E-state index contributed by atoms with van der Waals surface area (Å²) in [4.78, 5) is 11.8. The Morgan fingerprint density at radius 1 is 1.33 bits per heavy atom. The van der Waals surface area contributed by atoms with E-state index in [2.05, 4.69) is 24.1 Å². The first kappa shape index (κ1) is 17.2. The molecule has 0 unspecified atom stereocenters. The maximum atomic E-state index is 13.5. The van der Waals surface area contributed by atoms with Crippen molar-refractivity contribution in [1.29, 1.82) is 0 Å². The zero-order valence-electron chi connectivity index (χ0n) is 12.4. The highest BCUT2D eigenvalue weighted by atomic mass is 19.1. The van der Waals surface area contributed by atoms with Gasteiger partial charge in [-0.3, -0.25) is 4.79 Å². The fourth-order valence-electron chi connectivity index (χ4n) is 1.85. The highest BCUT2D eigenvalue weighted by Gasteiger charge is 2.05. The third kappa shape index (κ3) is 6.92. The molecule has 1 aromatic rings. The third-order valence-corrected chi connectivity index (χ3v) is 2.97. The van der Waals surface area contributed by atoms with E-state index in [0.717, 1.165) is 25.7 Å². The normalized spacial score (nSPS) is 9.86. The predicted molar refractivity (Wildman–Crippen MR) is 82.4 cm³/mol. The molecule has 3 nitrogen and oxygen atoms in total. The summed E-state index contributed by atoms with van der Waals surface area (Å²) in [5.74, 6) is 4.83. The number of amides is 1. The molecule has 0 aromatic heterocycles. The number of nitrogens with one attached hydrogen (secondary N) is 1. The number of aliphatic hydroxyl groups excluding tert-OH is 1. The zero-order chi connectivity index (χ0) is 15.5. The van der Waals surface area contributed by atoms with E-state index in [1.165, 1.54) is 18.2 Å². The molecule has 0 bridgehead atoms. The molecule has 0 aliphatic heterocycles. The number of benzene rings is 1. The van der Waals surface area contributed by atoms with Crippen LogP contribution in [0.1, 0.15) is 51.0 Å². The Morgan fingerprint density at radius 2 is 2.14 bits per heavy atom. The van der Waals surface area contributed by atoms with Gasteiger partial charge < -0.3 is 10.4 Å². The molecular weight excluding hydrogens is 269 g/mol. The number of hydrogen-bond acceptors (Lipinski definition) is 2. The van der Waals surface area contributed by atoms with E-state index in [9.17, 15) is 9.18 Å². The summed E-state index contributed by atoms with van der Waals surface area (Å²) in [7, 11) is 0. The Bertz CT molecular complexity index is 517. The summed E-state index contributed by atoms with van der Waals surface area (Å²) < 4.78 is 13.5. The van der Waals surface area contributed by atoms with E-state index in [4.69, 9.17) is 5.11 Å². The van der Waals surface area contributed by atoms with Gasteiger partial charge >= 0.3 is 0 Å². The fraction of sp³-hybridized carbons (Fsp3) is 0.471. The number of rotatable bonds is 7. The Balaban J connectivity index is 2.57. The number of carbonyl (C=O) groups is 1. The van der Waals surface area contributed by atoms with Crippen molar-refractivity contribution in [1.82, 2.24) is 0 Å². The fourth-order valence-corrected chi connectivity index (χ4v) is 1.85. The second kappa shape index (κ2) is 9.95. The van der Waals surface area contributed by atoms with Crippen LogP contribution in [0.2, 0.25) is 0 Å². The van der Waals surface area contributed by atoms with Crippen molar-refractivity contribution >= 4 is 11.6 Å². The van der Waals surface area contributed by atoms with E-state index in [-0.39, 0.29) is 18.1 Å². The van der Waals surface area contributed by atoms with Crippen molar-refractivity contribution < 1.29 is 14.3 Å². The molecule has 1 rings (SSSR count). The minimum atomic E-state index is -0.429. The average Bonchev–Trinajstić information content (AvgIpc) is 2.47. The minimum absolute atomic E-state index is 0.0528. The standard InChI is InChI=1S/C17H22FNO2/c1-2-3-4-5-9-17(21)19-15-10-11-16(18)14(13-15)8-6-7-12-20/h10-11,13,20H,2-5,7,9,12H2,1H3,(H,19,21). The summed E-state index contributed by atoms with van der Waals surface area (Å²) in [6.45, 7) is 2.07. The van der Waals surface area contributed by atoms with Crippen molar-refractivity contribution in [2.45, 2.75) is 45.4 Å². The molecule has 2 N–H and O–H groups in total. The SMILES string of the molecule is CCCCCCC(=O)Nc1ccc(F)c(C#CCCO)c1. The molecule has 0 radical (unpaired) electrons. The van der Waals surface area contributed by atoms with Crippen molar-refractivity contribution in [2.24, 2.45) is 0 Å². The summed E-state index contributed by atoms with van der Waals surface area (Å²) in [5, 5.41) is 11.4. The van der Waals surface area contributed by atoms with Gasteiger partial charge in [0.25, 0.3) is 0 Å². The molecule has 21 heavy (non-hydrogen) atoms. The van der Waals surface area contributed by atoms with Crippen LogP contribution in [0, 0.1) is 17.7 Å². The third-order valence-electron chi connectivity index (χ3n) is 2.97. The molecule has 114 valence electrons. The Labute approximate surface area is 125 Å². The van der Waals surface area contributed by atoms with Crippen LogP contribution in [-0.4, -0.2) is 17.6 Å². The summed E-state index contributed by atoms with van der Waals surface area (Å²) >= 11 is 0. The zero-order valence-corrected chi connectivity index (χ0v) is 12.4. The molecule has 0 saturated carbocycles. The van der Waals surface area contributed by atoms with E-state index in [0.29, 0.717) is 18.5 Å². The number of anilines is 1. The van der Waals surface area contributed by atoms with Crippen LogP contribution in [0.15, 0.2) is 18.2 Å².